The second kappa shape index (κ2) is 4.56. The van der Waals surface area contributed by atoms with E-state index < -0.39 is 0 Å². The first kappa shape index (κ1) is 10.3. The number of rotatable bonds is 2. The average Bonchev–Trinajstić information content (AvgIpc) is 2.29. The molecule has 0 aromatic carbocycles. The van der Waals surface area contributed by atoms with Gasteiger partial charge < -0.3 is 0 Å². The average molecular weight is 202 g/mol. The molecule has 1 saturated carbocycles. The summed E-state index contributed by atoms with van der Waals surface area (Å²) in [4.78, 5) is 8.94. The summed E-state index contributed by atoms with van der Waals surface area (Å²) in [6, 6.07) is 5.92. The number of aliphatic imine (C=N–C) groups is 1. The van der Waals surface area contributed by atoms with Crippen LogP contribution in [0.3, 0.4) is 0 Å². The van der Waals surface area contributed by atoms with Crippen molar-refractivity contribution in [3.05, 3.63) is 30.1 Å². The van der Waals surface area contributed by atoms with Crippen molar-refractivity contribution in [3.63, 3.8) is 0 Å². The van der Waals surface area contributed by atoms with Gasteiger partial charge in [0.1, 0.15) is 0 Å². The molecule has 0 amide bonds. The number of pyridine rings is 1. The standard InChI is InChI=1S/C13H18N2/c1-13(8-4-2-5-9-13)15-11-12-7-3-6-10-14-12/h3,6-7,10-11H,2,4-5,8-9H2,1H3. The molecule has 15 heavy (non-hydrogen) atoms. The summed E-state index contributed by atoms with van der Waals surface area (Å²) in [6.07, 6.45) is 10.2. The first-order chi connectivity index (χ1) is 7.29. The van der Waals surface area contributed by atoms with Gasteiger partial charge >= 0.3 is 0 Å². The van der Waals surface area contributed by atoms with E-state index in [4.69, 9.17) is 4.99 Å². The Labute approximate surface area is 91.5 Å². The summed E-state index contributed by atoms with van der Waals surface area (Å²) in [5.74, 6) is 0. The Balaban J connectivity index is 2.04. The van der Waals surface area contributed by atoms with Crippen LogP contribution in [-0.2, 0) is 0 Å². The molecule has 1 aromatic heterocycles. The van der Waals surface area contributed by atoms with Crippen LogP contribution in [-0.4, -0.2) is 16.7 Å². The number of hydrogen-bond acceptors (Lipinski definition) is 2. The van der Waals surface area contributed by atoms with Crippen molar-refractivity contribution in [2.75, 3.05) is 0 Å². The van der Waals surface area contributed by atoms with Crippen LogP contribution in [0, 0.1) is 0 Å². The van der Waals surface area contributed by atoms with Gasteiger partial charge in [-0.1, -0.05) is 25.3 Å². The van der Waals surface area contributed by atoms with Crippen LogP contribution in [0.1, 0.15) is 44.7 Å². The van der Waals surface area contributed by atoms with Crippen LogP contribution < -0.4 is 0 Å². The van der Waals surface area contributed by atoms with Gasteiger partial charge in [0, 0.05) is 12.4 Å². The number of hydrogen-bond donors (Lipinski definition) is 0. The zero-order valence-corrected chi connectivity index (χ0v) is 9.32. The zero-order valence-electron chi connectivity index (χ0n) is 9.32. The predicted octanol–water partition coefficient (Wildman–Crippen LogP) is 3.22. The van der Waals surface area contributed by atoms with Crippen molar-refractivity contribution in [1.82, 2.24) is 4.98 Å². The van der Waals surface area contributed by atoms with Crippen LogP contribution in [0.5, 0.6) is 0 Å². The van der Waals surface area contributed by atoms with Gasteiger partial charge in [0.2, 0.25) is 0 Å². The molecule has 0 aliphatic heterocycles. The third kappa shape index (κ3) is 2.88. The van der Waals surface area contributed by atoms with Gasteiger partial charge in [0.05, 0.1) is 11.2 Å². The maximum absolute atomic E-state index is 4.70. The van der Waals surface area contributed by atoms with Gasteiger partial charge in [-0.05, 0) is 31.9 Å². The Morgan fingerprint density at radius 1 is 1.27 bits per heavy atom. The molecule has 1 aliphatic rings. The smallest absolute Gasteiger partial charge is 0.0808 e. The van der Waals surface area contributed by atoms with E-state index in [9.17, 15) is 0 Å². The first-order valence-electron chi connectivity index (χ1n) is 5.75. The Hall–Kier alpha value is -1.18. The highest BCUT2D eigenvalue weighted by Crippen LogP contribution is 2.30. The van der Waals surface area contributed by atoms with Gasteiger partial charge in [0.15, 0.2) is 0 Å². The van der Waals surface area contributed by atoms with Crippen LogP contribution in [0.2, 0.25) is 0 Å². The van der Waals surface area contributed by atoms with Crippen molar-refractivity contribution >= 4 is 6.21 Å². The summed E-state index contributed by atoms with van der Waals surface area (Å²) in [5.41, 5.74) is 1.12. The Morgan fingerprint density at radius 2 is 2.07 bits per heavy atom. The fourth-order valence-corrected chi connectivity index (χ4v) is 2.12. The lowest BCUT2D eigenvalue weighted by atomic mass is 9.84. The van der Waals surface area contributed by atoms with Crippen LogP contribution in [0.15, 0.2) is 29.4 Å². The Morgan fingerprint density at radius 3 is 2.73 bits per heavy atom. The van der Waals surface area contributed by atoms with Crippen molar-refractivity contribution in [3.8, 4) is 0 Å². The highest BCUT2D eigenvalue weighted by molar-refractivity contribution is 5.77. The fraction of sp³-hybridized carbons (Fsp3) is 0.538. The highest BCUT2D eigenvalue weighted by atomic mass is 14.9. The van der Waals surface area contributed by atoms with E-state index in [2.05, 4.69) is 11.9 Å². The Bertz CT molecular complexity index is 324. The second-order valence-electron chi connectivity index (χ2n) is 4.57. The third-order valence-electron chi connectivity index (χ3n) is 3.13. The molecule has 2 rings (SSSR count). The van der Waals surface area contributed by atoms with E-state index >= 15 is 0 Å². The summed E-state index contributed by atoms with van der Waals surface area (Å²) < 4.78 is 0. The number of nitrogens with zero attached hydrogens (tertiary/aromatic N) is 2. The summed E-state index contributed by atoms with van der Waals surface area (Å²) in [5, 5.41) is 0. The minimum absolute atomic E-state index is 0.162. The maximum Gasteiger partial charge on any atom is 0.0808 e. The minimum Gasteiger partial charge on any atom is -0.285 e. The molecule has 2 heteroatoms. The van der Waals surface area contributed by atoms with Crippen LogP contribution in [0.4, 0.5) is 0 Å². The van der Waals surface area contributed by atoms with E-state index in [1.54, 1.807) is 0 Å². The van der Waals surface area contributed by atoms with Gasteiger partial charge in [-0.25, -0.2) is 0 Å². The first-order valence-corrected chi connectivity index (χ1v) is 5.75. The lowest BCUT2D eigenvalue weighted by Crippen LogP contribution is -2.25. The van der Waals surface area contributed by atoms with E-state index in [1.165, 1.54) is 32.1 Å². The fourth-order valence-electron chi connectivity index (χ4n) is 2.12. The predicted molar refractivity (Wildman–Crippen MR) is 63.3 cm³/mol. The quantitative estimate of drug-likeness (QED) is 0.676. The summed E-state index contributed by atoms with van der Waals surface area (Å²) >= 11 is 0. The van der Waals surface area contributed by atoms with Crippen molar-refractivity contribution < 1.29 is 0 Å². The molecule has 2 nitrogen and oxygen atoms in total. The lowest BCUT2D eigenvalue weighted by Gasteiger charge is -2.29. The molecule has 0 spiro atoms. The molecule has 0 atom stereocenters. The topological polar surface area (TPSA) is 25.2 Å². The van der Waals surface area contributed by atoms with Gasteiger partial charge in [0.25, 0.3) is 0 Å². The third-order valence-corrected chi connectivity index (χ3v) is 3.13. The van der Waals surface area contributed by atoms with Crippen LogP contribution in [0.25, 0.3) is 0 Å². The molecule has 1 heterocycles. The molecular weight excluding hydrogens is 184 g/mol. The molecule has 80 valence electrons. The van der Waals surface area contributed by atoms with Gasteiger partial charge in [-0.15, -0.1) is 0 Å². The largest absolute Gasteiger partial charge is 0.285 e. The summed E-state index contributed by atoms with van der Waals surface area (Å²) in [7, 11) is 0. The van der Waals surface area contributed by atoms with E-state index in [-0.39, 0.29) is 5.54 Å². The summed E-state index contributed by atoms with van der Waals surface area (Å²) in [6.45, 7) is 2.26. The molecule has 1 fully saturated rings. The van der Waals surface area contributed by atoms with Crippen molar-refractivity contribution in [2.45, 2.75) is 44.6 Å². The normalized spacial score (nSPS) is 20.6. The molecule has 0 saturated heterocycles. The van der Waals surface area contributed by atoms with E-state index in [0.717, 1.165) is 5.69 Å². The monoisotopic (exact) mass is 202 g/mol. The zero-order chi connectivity index (χ0) is 10.6. The SMILES string of the molecule is CC1(N=Cc2ccccn2)CCCCC1. The van der Waals surface area contributed by atoms with Crippen molar-refractivity contribution in [1.29, 1.82) is 0 Å². The maximum atomic E-state index is 4.70. The van der Waals surface area contributed by atoms with Crippen molar-refractivity contribution in [2.24, 2.45) is 4.99 Å². The molecular formula is C13H18N2. The van der Waals surface area contributed by atoms with Crippen LogP contribution >= 0.6 is 0 Å². The van der Waals surface area contributed by atoms with Gasteiger partial charge in [-0.2, -0.15) is 0 Å². The minimum atomic E-state index is 0.162. The van der Waals surface area contributed by atoms with Gasteiger partial charge in [-0.3, -0.25) is 9.98 Å². The number of aromatic nitrogens is 1. The molecule has 1 aliphatic carbocycles. The molecule has 0 bridgehead atoms. The lowest BCUT2D eigenvalue weighted by molar-refractivity contribution is 0.326. The highest BCUT2D eigenvalue weighted by Gasteiger charge is 2.24. The molecule has 0 radical (unpaired) electrons. The Kier molecular flexibility index (Phi) is 3.14. The molecule has 1 aromatic rings. The second-order valence-corrected chi connectivity index (χ2v) is 4.57. The van der Waals surface area contributed by atoms with E-state index in [0.29, 0.717) is 0 Å². The molecule has 0 unspecified atom stereocenters. The van der Waals surface area contributed by atoms with E-state index in [1.807, 2.05) is 30.6 Å². The molecule has 0 N–H and O–H groups in total.